The summed E-state index contributed by atoms with van der Waals surface area (Å²) in [7, 11) is 0. The van der Waals surface area contributed by atoms with Crippen LogP contribution in [0.2, 0.25) is 0 Å². The fourth-order valence-electron chi connectivity index (χ4n) is 2.16. The van der Waals surface area contributed by atoms with Gasteiger partial charge in [0.1, 0.15) is 17.9 Å². The molecule has 0 aliphatic rings. The van der Waals surface area contributed by atoms with Crippen LogP contribution in [0, 0.1) is 5.21 Å². The van der Waals surface area contributed by atoms with E-state index in [0.717, 1.165) is 10.9 Å². The van der Waals surface area contributed by atoms with Crippen LogP contribution >= 0.6 is 0 Å². The van der Waals surface area contributed by atoms with Crippen LogP contribution in [0.3, 0.4) is 0 Å². The lowest BCUT2D eigenvalue weighted by Gasteiger charge is -2.09. The second-order valence-electron chi connectivity index (χ2n) is 4.24. The Morgan fingerprint density at radius 2 is 2.21 bits per heavy atom. The Labute approximate surface area is 109 Å². The van der Waals surface area contributed by atoms with E-state index in [1.165, 1.54) is 0 Å². The van der Waals surface area contributed by atoms with Crippen molar-refractivity contribution in [2.24, 2.45) is 0 Å². The van der Waals surface area contributed by atoms with E-state index in [-0.39, 0.29) is 5.82 Å². The van der Waals surface area contributed by atoms with Crippen molar-refractivity contribution in [1.82, 2.24) is 9.97 Å². The molecule has 0 spiro atoms. The normalized spacial score (nSPS) is 11.4. The number of rotatable bonds is 3. The Balaban J connectivity index is 2.31. The Morgan fingerprint density at radius 1 is 1.42 bits per heavy atom. The molecular formula is C13H14N4O2. The standard InChI is InChI=1S/C13H14N4O2/c1-2-19-7-10-15-11-8-5-3-4-6-9(8)17(18)13(14)12(11)16-10/h3-6H,2,7,14H2,1H3,(H,15,16). The number of hydrogen-bond acceptors (Lipinski definition) is 4. The smallest absolute Gasteiger partial charge is 0.304 e. The average molecular weight is 258 g/mol. The summed E-state index contributed by atoms with van der Waals surface area (Å²) in [6.45, 7) is 2.89. The monoisotopic (exact) mass is 258 g/mol. The minimum Gasteiger partial charge on any atom is -0.710 e. The van der Waals surface area contributed by atoms with Gasteiger partial charge in [0.15, 0.2) is 5.52 Å². The van der Waals surface area contributed by atoms with Crippen LogP contribution in [0.4, 0.5) is 5.82 Å². The zero-order chi connectivity index (χ0) is 13.4. The number of nitrogens with two attached hydrogens (primary N) is 1. The van der Waals surface area contributed by atoms with Crippen LogP contribution in [0.1, 0.15) is 12.7 Å². The lowest BCUT2D eigenvalue weighted by atomic mass is 10.2. The first-order valence-electron chi connectivity index (χ1n) is 6.08. The number of aromatic nitrogens is 3. The molecule has 0 unspecified atom stereocenters. The molecular weight excluding hydrogens is 244 g/mol. The average Bonchev–Trinajstić information content (AvgIpc) is 2.87. The van der Waals surface area contributed by atoms with E-state index >= 15 is 0 Å². The van der Waals surface area contributed by atoms with Gasteiger partial charge in [-0.15, -0.1) is 0 Å². The fraction of sp³-hybridized carbons (Fsp3) is 0.231. The van der Waals surface area contributed by atoms with Gasteiger partial charge >= 0.3 is 5.82 Å². The van der Waals surface area contributed by atoms with Crippen molar-refractivity contribution >= 4 is 27.8 Å². The molecule has 1 aromatic carbocycles. The van der Waals surface area contributed by atoms with E-state index in [9.17, 15) is 5.21 Å². The van der Waals surface area contributed by atoms with Crippen LogP contribution < -0.4 is 10.5 Å². The van der Waals surface area contributed by atoms with Gasteiger partial charge in [-0.25, -0.2) is 9.71 Å². The van der Waals surface area contributed by atoms with Crippen molar-refractivity contribution < 1.29 is 9.47 Å². The molecule has 98 valence electrons. The summed E-state index contributed by atoms with van der Waals surface area (Å²) < 4.78 is 6.02. The number of fused-ring (bicyclic) bond motifs is 3. The molecule has 2 aromatic heterocycles. The van der Waals surface area contributed by atoms with Crippen LogP contribution in [-0.2, 0) is 11.3 Å². The predicted molar refractivity (Wildman–Crippen MR) is 72.3 cm³/mol. The Bertz CT molecular complexity index is 751. The Hall–Kier alpha value is -2.34. The number of hydrogen-bond donors (Lipinski definition) is 2. The Kier molecular flexibility index (Phi) is 2.72. The van der Waals surface area contributed by atoms with Crippen LogP contribution in [0.5, 0.6) is 0 Å². The predicted octanol–water partition coefficient (Wildman–Crippen LogP) is 1.47. The molecule has 3 N–H and O–H groups in total. The second-order valence-corrected chi connectivity index (χ2v) is 4.24. The lowest BCUT2D eigenvalue weighted by Crippen LogP contribution is -2.31. The molecule has 3 rings (SSSR count). The number of imidazole rings is 1. The van der Waals surface area contributed by atoms with Gasteiger partial charge in [-0.1, -0.05) is 12.1 Å². The molecule has 0 bridgehead atoms. The largest absolute Gasteiger partial charge is 0.710 e. The third-order valence-corrected chi connectivity index (χ3v) is 3.05. The molecule has 0 fully saturated rings. The summed E-state index contributed by atoms with van der Waals surface area (Å²) in [4.78, 5) is 7.51. The number of nitrogens with one attached hydrogen (secondary N) is 1. The number of H-pyrrole nitrogens is 1. The van der Waals surface area contributed by atoms with Crippen LogP contribution in [0.15, 0.2) is 24.3 Å². The highest BCUT2D eigenvalue weighted by molar-refractivity contribution is 6.03. The maximum absolute atomic E-state index is 12.1. The highest BCUT2D eigenvalue weighted by Crippen LogP contribution is 2.24. The van der Waals surface area contributed by atoms with Gasteiger partial charge in [0.2, 0.25) is 0 Å². The molecule has 6 nitrogen and oxygen atoms in total. The van der Waals surface area contributed by atoms with Crippen molar-refractivity contribution in [2.45, 2.75) is 13.5 Å². The first kappa shape index (κ1) is 11.7. The highest BCUT2D eigenvalue weighted by Gasteiger charge is 2.16. The molecule has 0 aliphatic heterocycles. The summed E-state index contributed by atoms with van der Waals surface area (Å²) >= 11 is 0. The molecule has 0 amide bonds. The van der Waals surface area contributed by atoms with Gasteiger partial charge in [-0.05, 0) is 19.1 Å². The molecule has 6 heteroatoms. The van der Waals surface area contributed by atoms with Crippen molar-refractivity contribution in [3.05, 3.63) is 35.3 Å². The SMILES string of the molecule is CCOCc1nc2c(N)[n+]([O-])c3ccccc3c2[nH]1. The minimum atomic E-state index is 0.104. The van der Waals surface area contributed by atoms with Crippen molar-refractivity contribution in [3.63, 3.8) is 0 Å². The lowest BCUT2D eigenvalue weighted by molar-refractivity contribution is -0.559. The molecule has 3 aromatic rings. The van der Waals surface area contributed by atoms with Crippen molar-refractivity contribution in [1.29, 1.82) is 0 Å². The van der Waals surface area contributed by atoms with Crippen LogP contribution in [0.25, 0.3) is 21.9 Å². The van der Waals surface area contributed by atoms with E-state index in [4.69, 9.17) is 10.5 Å². The van der Waals surface area contributed by atoms with E-state index in [0.29, 0.717) is 34.8 Å². The number of nitrogens with zero attached hydrogens (tertiary/aromatic N) is 2. The topological polar surface area (TPSA) is 90.9 Å². The number of nitrogen functional groups attached to an aromatic ring is 1. The van der Waals surface area contributed by atoms with Crippen LogP contribution in [-0.4, -0.2) is 16.6 Å². The van der Waals surface area contributed by atoms with E-state index < -0.39 is 0 Å². The number of anilines is 1. The molecule has 0 radical (unpaired) electrons. The third kappa shape index (κ3) is 1.77. The van der Waals surface area contributed by atoms with Crippen molar-refractivity contribution in [3.8, 4) is 0 Å². The highest BCUT2D eigenvalue weighted by atomic mass is 16.5. The quantitative estimate of drug-likeness (QED) is 0.549. The number of pyridine rings is 1. The van der Waals surface area contributed by atoms with E-state index in [2.05, 4.69) is 9.97 Å². The van der Waals surface area contributed by atoms with Gasteiger partial charge in [-0.2, -0.15) is 0 Å². The zero-order valence-electron chi connectivity index (χ0n) is 10.5. The maximum atomic E-state index is 12.1. The molecule has 0 aliphatic carbocycles. The molecule has 0 saturated carbocycles. The summed E-state index contributed by atoms with van der Waals surface area (Å²) in [5.74, 6) is 0.771. The Morgan fingerprint density at radius 3 is 3.00 bits per heavy atom. The number of aromatic amines is 1. The second kappa shape index (κ2) is 4.40. The summed E-state index contributed by atoms with van der Waals surface area (Å²) in [6, 6.07) is 7.29. The fourth-order valence-corrected chi connectivity index (χ4v) is 2.16. The number of benzene rings is 1. The van der Waals surface area contributed by atoms with E-state index in [1.807, 2.05) is 19.1 Å². The van der Waals surface area contributed by atoms with E-state index in [1.54, 1.807) is 12.1 Å². The first-order chi connectivity index (χ1) is 9.22. The van der Waals surface area contributed by atoms with Crippen molar-refractivity contribution in [2.75, 3.05) is 12.3 Å². The summed E-state index contributed by atoms with van der Waals surface area (Å²) in [6.07, 6.45) is 0. The van der Waals surface area contributed by atoms with Gasteiger partial charge in [-0.3, -0.25) is 5.73 Å². The zero-order valence-corrected chi connectivity index (χ0v) is 10.5. The molecule has 2 heterocycles. The minimum absolute atomic E-state index is 0.104. The maximum Gasteiger partial charge on any atom is 0.304 e. The van der Waals surface area contributed by atoms with Gasteiger partial charge < -0.3 is 14.9 Å². The molecule has 0 saturated heterocycles. The summed E-state index contributed by atoms with van der Waals surface area (Å²) in [5.41, 5.74) is 7.64. The molecule has 0 atom stereocenters. The first-order valence-corrected chi connectivity index (χ1v) is 6.08. The van der Waals surface area contributed by atoms with Gasteiger partial charge in [0.25, 0.3) is 0 Å². The molecule has 19 heavy (non-hydrogen) atoms. The number of ether oxygens (including phenoxy) is 1. The summed E-state index contributed by atoms with van der Waals surface area (Å²) in [5, 5.41) is 12.9. The third-order valence-electron chi connectivity index (χ3n) is 3.05. The van der Waals surface area contributed by atoms with Gasteiger partial charge in [0.05, 0.1) is 5.52 Å². The van der Waals surface area contributed by atoms with Gasteiger partial charge in [0, 0.05) is 12.0 Å². The number of para-hydroxylation sites is 1.